The molecule has 1 aromatic rings. The molecule has 0 spiro atoms. The number of carbonyl (C=O) groups is 1. The van der Waals surface area contributed by atoms with Gasteiger partial charge in [0, 0.05) is 0 Å². The minimum Gasteiger partial charge on any atom is -0.469 e. The smallest absolute Gasteiger partial charge is 0.311 e. The normalized spacial score (nSPS) is 25.9. The molecule has 0 atom stereocenters. The number of ether oxygens (including phenoxy) is 1. The third-order valence-electron chi connectivity index (χ3n) is 3.61. The average Bonchev–Trinajstić information content (AvgIpc) is 2.36. The van der Waals surface area contributed by atoms with Gasteiger partial charge in [0.25, 0.3) is 10.1 Å². The van der Waals surface area contributed by atoms with Crippen LogP contribution >= 0.6 is 0 Å². The lowest BCUT2D eigenvalue weighted by molar-refractivity contribution is -0.162. The second-order valence-electron chi connectivity index (χ2n) is 5.45. The van der Waals surface area contributed by atoms with Crippen LogP contribution in [-0.2, 0) is 23.8 Å². The molecule has 0 aromatic heterocycles. The van der Waals surface area contributed by atoms with Gasteiger partial charge in [0.1, 0.15) is 0 Å². The summed E-state index contributed by atoms with van der Waals surface area (Å²) in [5.41, 5.74) is 0.341. The van der Waals surface area contributed by atoms with E-state index in [1.54, 1.807) is 19.1 Å². The van der Waals surface area contributed by atoms with Crippen LogP contribution in [0.2, 0.25) is 0 Å². The first kappa shape index (κ1) is 15.0. The van der Waals surface area contributed by atoms with E-state index in [0.29, 0.717) is 12.8 Å². The highest BCUT2D eigenvalue weighted by molar-refractivity contribution is 7.86. The maximum atomic E-state index is 12.1. The standard InChI is InChI=1S/C14H18O5S/c1-10-4-6-12(7-5-10)20(16,17)19-11-8-14(2,9-11)13(15)18-3/h4-7,11H,8-9H2,1-3H3. The molecule has 1 aromatic carbocycles. The van der Waals surface area contributed by atoms with Gasteiger partial charge in [-0.1, -0.05) is 17.7 Å². The molecule has 0 aliphatic heterocycles. The summed E-state index contributed by atoms with van der Waals surface area (Å²) in [5, 5.41) is 0. The first-order valence-electron chi connectivity index (χ1n) is 6.35. The Morgan fingerprint density at radius 1 is 1.25 bits per heavy atom. The highest BCUT2D eigenvalue weighted by Crippen LogP contribution is 2.44. The molecule has 1 fully saturated rings. The number of benzene rings is 1. The second kappa shape index (κ2) is 5.18. The molecule has 0 saturated heterocycles. The van der Waals surface area contributed by atoms with Crippen LogP contribution in [0.25, 0.3) is 0 Å². The Kier molecular flexibility index (Phi) is 3.88. The monoisotopic (exact) mass is 298 g/mol. The minimum atomic E-state index is -3.77. The molecule has 1 saturated carbocycles. The van der Waals surface area contributed by atoms with E-state index in [9.17, 15) is 13.2 Å². The molecule has 0 radical (unpaired) electrons. The van der Waals surface area contributed by atoms with Gasteiger partial charge in [0.2, 0.25) is 0 Å². The molecule has 0 bridgehead atoms. The summed E-state index contributed by atoms with van der Waals surface area (Å²) < 4.78 is 34.0. The Balaban J connectivity index is 2.02. The van der Waals surface area contributed by atoms with Crippen LogP contribution in [0.15, 0.2) is 29.2 Å². The summed E-state index contributed by atoms with van der Waals surface area (Å²) in [4.78, 5) is 11.6. The fraction of sp³-hybridized carbons (Fsp3) is 0.500. The Hall–Kier alpha value is -1.40. The summed E-state index contributed by atoms with van der Waals surface area (Å²) in [6.07, 6.45) is 0.237. The lowest BCUT2D eigenvalue weighted by atomic mass is 9.68. The van der Waals surface area contributed by atoms with Crippen LogP contribution in [0.4, 0.5) is 0 Å². The molecular formula is C14H18O5S. The van der Waals surface area contributed by atoms with Crippen molar-refractivity contribution >= 4 is 16.1 Å². The Labute approximate surface area is 119 Å². The second-order valence-corrected chi connectivity index (χ2v) is 7.02. The first-order valence-corrected chi connectivity index (χ1v) is 7.76. The van der Waals surface area contributed by atoms with Crippen LogP contribution in [0.3, 0.4) is 0 Å². The van der Waals surface area contributed by atoms with Gasteiger partial charge in [-0.15, -0.1) is 0 Å². The van der Waals surface area contributed by atoms with E-state index < -0.39 is 21.6 Å². The molecule has 2 rings (SSSR count). The highest BCUT2D eigenvalue weighted by Gasteiger charge is 2.49. The Bertz CT molecular complexity index is 597. The molecule has 1 aliphatic carbocycles. The van der Waals surface area contributed by atoms with E-state index in [0.717, 1.165) is 5.56 Å². The summed E-state index contributed by atoms with van der Waals surface area (Å²) in [6.45, 7) is 3.63. The average molecular weight is 298 g/mol. The summed E-state index contributed by atoms with van der Waals surface area (Å²) >= 11 is 0. The van der Waals surface area contributed by atoms with Gasteiger partial charge in [-0.3, -0.25) is 8.98 Å². The van der Waals surface area contributed by atoms with Gasteiger partial charge in [0.05, 0.1) is 23.5 Å². The van der Waals surface area contributed by atoms with E-state index in [1.807, 2.05) is 6.92 Å². The molecule has 1 aliphatic rings. The molecule has 110 valence electrons. The zero-order chi connectivity index (χ0) is 15.0. The molecule has 0 heterocycles. The van der Waals surface area contributed by atoms with Crippen LogP contribution in [0, 0.1) is 12.3 Å². The van der Waals surface area contributed by atoms with Crippen molar-refractivity contribution in [1.82, 2.24) is 0 Å². The van der Waals surface area contributed by atoms with Gasteiger partial charge < -0.3 is 4.74 Å². The molecule has 6 heteroatoms. The van der Waals surface area contributed by atoms with Gasteiger partial charge in [-0.25, -0.2) is 0 Å². The van der Waals surface area contributed by atoms with E-state index in [-0.39, 0.29) is 10.9 Å². The van der Waals surface area contributed by atoms with Crippen LogP contribution in [0.1, 0.15) is 25.3 Å². The van der Waals surface area contributed by atoms with Gasteiger partial charge in [-0.05, 0) is 38.8 Å². The molecule has 20 heavy (non-hydrogen) atoms. The fourth-order valence-electron chi connectivity index (χ4n) is 2.37. The van der Waals surface area contributed by atoms with Crippen molar-refractivity contribution in [3.8, 4) is 0 Å². The van der Waals surface area contributed by atoms with Gasteiger partial charge in [-0.2, -0.15) is 8.42 Å². The predicted octanol–water partition coefficient (Wildman–Crippen LogP) is 2.04. The maximum absolute atomic E-state index is 12.1. The number of hydrogen-bond donors (Lipinski definition) is 0. The van der Waals surface area contributed by atoms with E-state index in [2.05, 4.69) is 4.74 Å². The van der Waals surface area contributed by atoms with Crippen molar-refractivity contribution in [2.24, 2.45) is 5.41 Å². The lowest BCUT2D eigenvalue weighted by Gasteiger charge is -2.41. The van der Waals surface area contributed by atoms with E-state index in [1.165, 1.54) is 19.2 Å². The van der Waals surface area contributed by atoms with E-state index >= 15 is 0 Å². The molecule has 0 unspecified atom stereocenters. The largest absolute Gasteiger partial charge is 0.469 e. The third kappa shape index (κ3) is 2.86. The highest BCUT2D eigenvalue weighted by atomic mass is 32.2. The van der Waals surface area contributed by atoms with E-state index in [4.69, 9.17) is 4.18 Å². The Morgan fingerprint density at radius 3 is 2.30 bits per heavy atom. The fourth-order valence-corrected chi connectivity index (χ4v) is 3.44. The summed E-state index contributed by atoms with van der Waals surface area (Å²) in [7, 11) is -2.45. The Morgan fingerprint density at radius 2 is 1.80 bits per heavy atom. The SMILES string of the molecule is COC(=O)C1(C)CC(OS(=O)(=O)c2ccc(C)cc2)C1. The third-order valence-corrected chi connectivity index (χ3v) is 4.98. The molecule has 5 nitrogen and oxygen atoms in total. The minimum absolute atomic E-state index is 0.134. The number of carbonyl (C=O) groups excluding carboxylic acids is 1. The van der Waals surface area contributed by atoms with Crippen LogP contribution in [-0.4, -0.2) is 27.6 Å². The molecular weight excluding hydrogens is 280 g/mol. The summed E-state index contributed by atoms with van der Waals surface area (Å²) in [5.74, 6) is -0.329. The molecule has 0 amide bonds. The number of hydrogen-bond acceptors (Lipinski definition) is 5. The van der Waals surface area contributed by atoms with Crippen molar-refractivity contribution in [3.63, 3.8) is 0 Å². The maximum Gasteiger partial charge on any atom is 0.311 e. The zero-order valence-electron chi connectivity index (χ0n) is 11.8. The number of esters is 1. The number of aryl methyl sites for hydroxylation is 1. The number of rotatable bonds is 4. The quantitative estimate of drug-likeness (QED) is 0.628. The predicted molar refractivity (Wildman–Crippen MR) is 72.6 cm³/mol. The van der Waals surface area contributed by atoms with Crippen molar-refractivity contribution in [2.45, 2.75) is 37.7 Å². The lowest BCUT2D eigenvalue weighted by Crippen LogP contribution is -2.47. The summed E-state index contributed by atoms with van der Waals surface area (Å²) in [6, 6.07) is 6.47. The van der Waals surface area contributed by atoms with Crippen molar-refractivity contribution < 1.29 is 22.1 Å². The zero-order valence-corrected chi connectivity index (χ0v) is 12.6. The number of methoxy groups -OCH3 is 1. The van der Waals surface area contributed by atoms with Gasteiger partial charge in [0.15, 0.2) is 0 Å². The van der Waals surface area contributed by atoms with Crippen LogP contribution < -0.4 is 0 Å². The van der Waals surface area contributed by atoms with Crippen molar-refractivity contribution in [1.29, 1.82) is 0 Å². The molecule has 0 N–H and O–H groups in total. The van der Waals surface area contributed by atoms with Crippen molar-refractivity contribution in [2.75, 3.05) is 7.11 Å². The van der Waals surface area contributed by atoms with Crippen LogP contribution in [0.5, 0.6) is 0 Å². The first-order chi connectivity index (χ1) is 9.27. The van der Waals surface area contributed by atoms with Crippen molar-refractivity contribution in [3.05, 3.63) is 29.8 Å². The van der Waals surface area contributed by atoms with Gasteiger partial charge >= 0.3 is 5.97 Å². The topological polar surface area (TPSA) is 69.7 Å².